The smallest absolute Gasteiger partial charge is 0.323 e. The molecule has 6 heteroatoms. The summed E-state index contributed by atoms with van der Waals surface area (Å²) in [6, 6.07) is 1.41. The summed E-state index contributed by atoms with van der Waals surface area (Å²) in [7, 11) is 0. The number of carbonyl (C=O) groups is 2. The average Bonchev–Trinajstić information content (AvgIpc) is 2.65. The molecule has 1 N–H and O–H groups in total. The fourth-order valence-electron chi connectivity index (χ4n) is 2.11. The van der Waals surface area contributed by atoms with Crippen molar-refractivity contribution in [3.05, 3.63) is 17.5 Å². The summed E-state index contributed by atoms with van der Waals surface area (Å²) < 4.78 is 1.64. The van der Waals surface area contributed by atoms with Crippen molar-refractivity contribution in [3.8, 4) is 0 Å². The third-order valence-electron chi connectivity index (χ3n) is 2.90. The molecule has 6 nitrogen and oxygen atoms in total. The van der Waals surface area contributed by atoms with E-state index in [1.807, 2.05) is 26.8 Å². The van der Waals surface area contributed by atoms with Gasteiger partial charge in [0.25, 0.3) is 0 Å². The van der Waals surface area contributed by atoms with Crippen LogP contribution in [0.4, 0.5) is 0 Å². The number of hydrogen-bond donors (Lipinski definition) is 1. The first kappa shape index (κ1) is 15.2. The maximum Gasteiger partial charge on any atom is 0.323 e. The van der Waals surface area contributed by atoms with Gasteiger partial charge in [-0.25, -0.2) is 0 Å². The molecular weight excluding hydrogens is 246 g/mol. The Hall–Kier alpha value is -1.85. The molecular formula is C13H21N3O3. The van der Waals surface area contributed by atoms with Crippen LogP contribution in [-0.4, -0.2) is 44.8 Å². The third kappa shape index (κ3) is 3.81. The van der Waals surface area contributed by atoms with Crippen LogP contribution in [0.1, 0.15) is 37.7 Å². The zero-order chi connectivity index (χ0) is 14.6. The minimum Gasteiger partial charge on any atom is -0.480 e. The molecule has 0 saturated heterocycles. The van der Waals surface area contributed by atoms with Crippen molar-refractivity contribution in [1.82, 2.24) is 14.7 Å². The van der Waals surface area contributed by atoms with Crippen LogP contribution in [0.2, 0.25) is 0 Å². The van der Waals surface area contributed by atoms with Gasteiger partial charge in [-0.05, 0) is 33.3 Å². The second-order valence-corrected chi connectivity index (χ2v) is 4.70. The molecule has 0 aliphatic rings. The molecule has 1 amide bonds. The number of aryl methyl sites for hydroxylation is 2. The maximum absolute atomic E-state index is 12.3. The lowest BCUT2D eigenvalue weighted by Crippen LogP contribution is -2.40. The van der Waals surface area contributed by atoms with Crippen LogP contribution in [0.3, 0.4) is 0 Å². The van der Waals surface area contributed by atoms with Crippen LogP contribution in [-0.2, 0) is 9.59 Å². The summed E-state index contributed by atoms with van der Waals surface area (Å²) in [6.07, 6.45) is 0.725. The number of hydrogen-bond acceptors (Lipinski definition) is 3. The molecule has 1 heterocycles. The molecule has 0 fully saturated rings. The van der Waals surface area contributed by atoms with E-state index in [4.69, 9.17) is 5.11 Å². The summed E-state index contributed by atoms with van der Waals surface area (Å²) in [5, 5.41) is 13.1. The second kappa shape index (κ2) is 6.36. The molecule has 1 aromatic heterocycles. The van der Waals surface area contributed by atoms with Crippen molar-refractivity contribution < 1.29 is 14.7 Å². The third-order valence-corrected chi connectivity index (χ3v) is 2.90. The van der Waals surface area contributed by atoms with Crippen LogP contribution >= 0.6 is 0 Å². The first-order valence-electron chi connectivity index (χ1n) is 6.40. The van der Waals surface area contributed by atoms with Crippen molar-refractivity contribution in [2.45, 2.75) is 40.2 Å². The van der Waals surface area contributed by atoms with Gasteiger partial charge in [-0.3, -0.25) is 14.3 Å². The molecule has 0 aliphatic carbocycles. The standard InChI is InChI=1S/C13H21N3O3/c1-5-6-15(8-12(17)18)13(19)11(4)16-10(3)7-9(2)14-16/h7,11H,5-6,8H2,1-4H3,(H,17,18). The van der Waals surface area contributed by atoms with E-state index in [9.17, 15) is 9.59 Å². The molecule has 0 aromatic carbocycles. The molecule has 0 radical (unpaired) electrons. The van der Waals surface area contributed by atoms with Gasteiger partial charge >= 0.3 is 5.97 Å². The largest absolute Gasteiger partial charge is 0.480 e. The molecule has 1 unspecified atom stereocenters. The number of rotatable bonds is 6. The van der Waals surface area contributed by atoms with E-state index in [1.165, 1.54) is 4.90 Å². The van der Waals surface area contributed by atoms with E-state index in [-0.39, 0.29) is 12.5 Å². The summed E-state index contributed by atoms with van der Waals surface area (Å²) in [5.41, 5.74) is 1.74. The minimum absolute atomic E-state index is 0.213. The Bertz CT molecular complexity index is 468. The number of aromatic nitrogens is 2. The highest BCUT2D eigenvalue weighted by Gasteiger charge is 2.24. The van der Waals surface area contributed by atoms with Gasteiger partial charge in [0.2, 0.25) is 5.91 Å². The zero-order valence-electron chi connectivity index (χ0n) is 11.9. The van der Waals surface area contributed by atoms with Crippen LogP contribution in [0, 0.1) is 13.8 Å². The van der Waals surface area contributed by atoms with Gasteiger partial charge in [-0.2, -0.15) is 5.10 Å². The molecule has 1 atom stereocenters. The van der Waals surface area contributed by atoms with Gasteiger partial charge in [-0.1, -0.05) is 6.92 Å². The Balaban J connectivity index is 2.89. The number of nitrogens with zero attached hydrogens (tertiary/aromatic N) is 3. The van der Waals surface area contributed by atoms with Crippen molar-refractivity contribution in [1.29, 1.82) is 0 Å². The van der Waals surface area contributed by atoms with Gasteiger partial charge in [0.1, 0.15) is 12.6 Å². The van der Waals surface area contributed by atoms with Crippen molar-refractivity contribution in [2.24, 2.45) is 0 Å². The predicted octanol–water partition coefficient (Wildman–Crippen LogP) is 1.38. The lowest BCUT2D eigenvalue weighted by Gasteiger charge is -2.24. The lowest BCUT2D eigenvalue weighted by atomic mass is 10.2. The Morgan fingerprint density at radius 1 is 1.47 bits per heavy atom. The van der Waals surface area contributed by atoms with Crippen LogP contribution in [0.25, 0.3) is 0 Å². The highest BCUT2D eigenvalue weighted by Crippen LogP contribution is 2.14. The zero-order valence-corrected chi connectivity index (χ0v) is 11.9. The van der Waals surface area contributed by atoms with E-state index in [0.717, 1.165) is 17.8 Å². The highest BCUT2D eigenvalue weighted by molar-refractivity contribution is 5.84. The number of carboxylic acid groups (broad SMARTS) is 1. The van der Waals surface area contributed by atoms with E-state index in [1.54, 1.807) is 11.6 Å². The molecule has 1 aromatic rings. The predicted molar refractivity (Wildman–Crippen MR) is 70.9 cm³/mol. The molecule has 1 rings (SSSR count). The Morgan fingerprint density at radius 2 is 2.11 bits per heavy atom. The highest BCUT2D eigenvalue weighted by atomic mass is 16.4. The Kier molecular flexibility index (Phi) is 5.09. The lowest BCUT2D eigenvalue weighted by molar-refractivity contribution is -0.145. The SMILES string of the molecule is CCCN(CC(=O)O)C(=O)C(C)n1nc(C)cc1C. The first-order chi connectivity index (χ1) is 8.86. The topological polar surface area (TPSA) is 75.4 Å². The van der Waals surface area contributed by atoms with Gasteiger partial charge in [-0.15, -0.1) is 0 Å². The van der Waals surface area contributed by atoms with Crippen molar-refractivity contribution in [2.75, 3.05) is 13.1 Å². The quantitative estimate of drug-likeness (QED) is 0.845. The normalized spacial score (nSPS) is 12.2. The van der Waals surface area contributed by atoms with E-state index < -0.39 is 12.0 Å². The fraction of sp³-hybridized carbons (Fsp3) is 0.615. The molecule has 0 aliphatic heterocycles. The Morgan fingerprint density at radius 3 is 2.53 bits per heavy atom. The number of aliphatic carboxylic acids is 1. The molecule has 0 bridgehead atoms. The first-order valence-corrected chi connectivity index (χ1v) is 6.40. The summed E-state index contributed by atoms with van der Waals surface area (Å²) in [4.78, 5) is 24.5. The number of carbonyl (C=O) groups excluding carboxylic acids is 1. The van der Waals surface area contributed by atoms with Gasteiger partial charge < -0.3 is 10.0 Å². The van der Waals surface area contributed by atoms with Gasteiger partial charge in [0.15, 0.2) is 0 Å². The van der Waals surface area contributed by atoms with Crippen LogP contribution < -0.4 is 0 Å². The monoisotopic (exact) mass is 267 g/mol. The fourth-order valence-corrected chi connectivity index (χ4v) is 2.11. The van der Waals surface area contributed by atoms with E-state index in [2.05, 4.69) is 5.10 Å². The number of amides is 1. The van der Waals surface area contributed by atoms with E-state index >= 15 is 0 Å². The summed E-state index contributed by atoms with van der Waals surface area (Å²) >= 11 is 0. The summed E-state index contributed by atoms with van der Waals surface area (Å²) in [6.45, 7) is 7.57. The van der Waals surface area contributed by atoms with Crippen molar-refractivity contribution in [3.63, 3.8) is 0 Å². The maximum atomic E-state index is 12.3. The molecule has 0 spiro atoms. The van der Waals surface area contributed by atoms with Crippen LogP contribution in [0.5, 0.6) is 0 Å². The average molecular weight is 267 g/mol. The molecule has 0 saturated carbocycles. The second-order valence-electron chi connectivity index (χ2n) is 4.70. The van der Waals surface area contributed by atoms with Crippen molar-refractivity contribution >= 4 is 11.9 Å². The minimum atomic E-state index is -0.998. The molecule has 106 valence electrons. The van der Waals surface area contributed by atoms with Gasteiger partial charge in [0.05, 0.1) is 5.69 Å². The van der Waals surface area contributed by atoms with Crippen LogP contribution in [0.15, 0.2) is 6.07 Å². The Labute approximate surface area is 113 Å². The van der Waals surface area contributed by atoms with E-state index in [0.29, 0.717) is 6.54 Å². The summed E-state index contributed by atoms with van der Waals surface area (Å²) in [5.74, 6) is -1.21. The molecule has 19 heavy (non-hydrogen) atoms. The van der Waals surface area contributed by atoms with Gasteiger partial charge in [0, 0.05) is 12.2 Å². The number of carboxylic acids is 1.